The maximum atomic E-state index is 11.8. The molecule has 0 saturated heterocycles. The van der Waals surface area contributed by atoms with Crippen LogP contribution in [0.2, 0.25) is 5.02 Å². The number of hydrogen-bond donors (Lipinski definition) is 3. The summed E-state index contributed by atoms with van der Waals surface area (Å²) in [5, 5.41) is 5.62. The van der Waals surface area contributed by atoms with Gasteiger partial charge in [0.05, 0.1) is 10.6 Å². The zero-order chi connectivity index (χ0) is 14.4. The van der Waals surface area contributed by atoms with Crippen molar-refractivity contribution in [1.29, 1.82) is 0 Å². The molecule has 0 aliphatic rings. The van der Waals surface area contributed by atoms with E-state index < -0.39 is 0 Å². The summed E-state index contributed by atoms with van der Waals surface area (Å²) in [6.45, 7) is 0.645. The number of carbonyl (C=O) groups is 2. The lowest BCUT2D eigenvalue weighted by molar-refractivity contribution is 0.0954. The molecule has 1 aromatic carbocycles. The Hall–Kier alpha value is -1.95. The van der Waals surface area contributed by atoms with Gasteiger partial charge in [-0.3, -0.25) is 4.79 Å². The summed E-state index contributed by atoms with van der Waals surface area (Å²) in [7, 11) is 3.28. The third-order valence-corrected chi connectivity index (χ3v) is 2.66. The summed E-state index contributed by atoms with van der Waals surface area (Å²) in [5.74, 6) is -0.323. The number of nitrogens with two attached hydrogens (primary N) is 1. The van der Waals surface area contributed by atoms with Gasteiger partial charge in [0.15, 0.2) is 0 Å². The minimum absolute atomic E-state index is 0.212. The number of nitrogen functional groups attached to an aromatic ring is 1. The van der Waals surface area contributed by atoms with Gasteiger partial charge in [0.2, 0.25) is 0 Å². The van der Waals surface area contributed by atoms with Crippen LogP contribution in [0.3, 0.4) is 0 Å². The Morgan fingerprint density at radius 2 is 1.89 bits per heavy atom. The van der Waals surface area contributed by atoms with E-state index in [1.54, 1.807) is 26.2 Å². The van der Waals surface area contributed by atoms with E-state index in [9.17, 15) is 9.59 Å². The molecule has 4 N–H and O–H groups in total. The minimum atomic E-state index is -0.323. The molecule has 19 heavy (non-hydrogen) atoms. The van der Waals surface area contributed by atoms with Gasteiger partial charge in [-0.25, -0.2) is 4.79 Å². The molecule has 0 atom stereocenters. The van der Waals surface area contributed by atoms with Crippen molar-refractivity contribution in [3.05, 3.63) is 28.8 Å². The second-order valence-electron chi connectivity index (χ2n) is 4.12. The first kappa shape index (κ1) is 15.1. The van der Waals surface area contributed by atoms with Gasteiger partial charge in [-0.15, -0.1) is 0 Å². The first-order valence-corrected chi connectivity index (χ1v) is 6.08. The van der Waals surface area contributed by atoms with Gasteiger partial charge in [-0.2, -0.15) is 0 Å². The Kier molecular flexibility index (Phi) is 5.44. The summed E-state index contributed by atoms with van der Waals surface area (Å²) in [5.41, 5.74) is 6.38. The SMILES string of the molecule is CN(C)C(=O)NCCNC(=O)c1cc(N)ccc1Cl. The number of nitrogens with one attached hydrogen (secondary N) is 2. The number of urea groups is 1. The molecule has 0 bridgehead atoms. The van der Waals surface area contributed by atoms with Crippen molar-refractivity contribution in [2.45, 2.75) is 0 Å². The molecule has 0 fully saturated rings. The van der Waals surface area contributed by atoms with Crippen LogP contribution in [-0.4, -0.2) is 44.0 Å². The van der Waals surface area contributed by atoms with E-state index in [1.807, 2.05) is 0 Å². The molecule has 0 aliphatic heterocycles. The van der Waals surface area contributed by atoms with Crippen LogP contribution in [-0.2, 0) is 0 Å². The molecular weight excluding hydrogens is 268 g/mol. The fourth-order valence-corrected chi connectivity index (χ4v) is 1.52. The first-order valence-electron chi connectivity index (χ1n) is 5.70. The van der Waals surface area contributed by atoms with Crippen LogP contribution in [0.25, 0.3) is 0 Å². The average molecular weight is 285 g/mol. The molecule has 0 unspecified atom stereocenters. The monoisotopic (exact) mass is 284 g/mol. The highest BCUT2D eigenvalue weighted by Crippen LogP contribution is 2.18. The van der Waals surface area contributed by atoms with Crippen LogP contribution in [0.5, 0.6) is 0 Å². The molecule has 1 aromatic rings. The van der Waals surface area contributed by atoms with E-state index in [1.165, 1.54) is 11.0 Å². The van der Waals surface area contributed by atoms with Gasteiger partial charge in [0.1, 0.15) is 0 Å². The highest BCUT2D eigenvalue weighted by molar-refractivity contribution is 6.34. The summed E-state index contributed by atoms with van der Waals surface area (Å²) >= 11 is 5.90. The van der Waals surface area contributed by atoms with Gasteiger partial charge < -0.3 is 21.3 Å². The lowest BCUT2D eigenvalue weighted by atomic mass is 10.2. The smallest absolute Gasteiger partial charge is 0.316 e. The maximum Gasteiger partial charge on any atom is 0.316 e. The van der Waals surface area contributed by atoms with E-state index in [2.05, 4.69) is 10.6 Å². The van der Waals surface area contributed by atoms with Gasteiger partial charge in [0.25, 0.3) is 5.91 Å². The van der Waals surface area contributed by atoms with Crippen molar-refractivity contribution in [1.82, 2.24) is 15.5 Å². The Bertz CT molecular complexity index is 477. The van der Waals surface area contributed by atoms with Gasteiger partial charge >= 0.3 is 6.03 Å². The van der Waals surface area contributed by atoms with Crippen molar-refractivity contribution >= 4 is 29.2 Å². The third kappa shape index (κ3) is 4.67. The number of amides is 3. The molecule has 0 saturated carbocycles. The number of anilines is 1. The first-order chi connectivity index (χ1) is 8.91. The predicted molar refractivity (Wildman–Crippen MR) is 75.3 cm³/mol. The van der Waals surface area contributed by atoms with Crippen LogP contribution < -0.4 is 16.4 Å². The van der Waals surface area contributed by atoms with Gasteiger partial charge in [-0.1, -0.05) is 11.6 Å². The summed E-state index contributed by atoms with van der Waals surface area (Å²) in [4.78, 5) is 24.5. The highest BCUT2D eigenvalue weighted by atomic mass is 35.5. The van der Waals surface area contributed by atoms with E-state index >= 15 is 0 Å². The molecule has 0 heterocycles. The fourth-order valence-electron chi connectivity index (χ4n) is 1.32. The standard InChI is InChI=1S/C12H17ClN4O2/c1-17(2)12(19)16-6-5-15-11(18)9-7-8(14)3-4-10(9)13/h3-4,7H,5-6,14H2,1-2H3,(H,15,18)(H,16,19). The molecule has 1 rings (SSSR count). The van der Waals surface area contributed by atoms with Crippen LogP contribution in [0, 0.1) is 0 Å². The minimum Gasteiger partial charge on any atom is -0.399 e. The quantitative estimate of drug-likeness (QED) is 0.568. The molecule has 0 radical (unpaired) electrons. The van der Waals surface area contributed by atoms with E-state index in [0.29, 0.717) is 29.4 Å². The molecule has 0 aliphatic carbocycles. The van der Waals surface area contributed by atoms with Crippen molar-refractivity contribution < 1.29 is 9.59 Å². The van der Waals surface area contributed by atoms with Gasteiger partial charge in [0, 0.05) is 32.9 Å². The maximum absolute atomic E-state index is 11.8. The Morgan fingerprint density at radius 1 is 1.26 bits per heavy atom. The molecule has 7 heteroatoms. The zero-order valence-electron chi connectivity index (χ0n) is 10.9. The Labute approximate surface area is 116 Å². The van der Waals surface area contributed by atoms with E-state index in [-0.39, 0.29) is 11.9 Å². The van der Waals surface area contributed by atoms with Crippen LogP contribution in [0.1, 0.15) is 10.4 Å². The normalized spacial score (nSPS) is 9.84. The average Bonchev–Trinajstić information content (AvgIpc) is 2.36. The summed E-state index contributed by atoms with van der Waals surface area (Å²) in [6, 6.07) is 4.49. The van der Waals surface area contributed by atoms with Gasteiger partial charge in [-0.05, 0) is 18.2 Å². The van der Waals surface area contributed by atoms with Crippen molar-refractivity contribution in [2.24, 2.45) is 0 Å². The number of halogens is 1. The number of nitrogens with zero attached hydrogens (tertiary/aromatic N) is 1. The van der Waals surface area contributed by atoms with E-state index in [4.69, 9.17) is 17.3 Å². The van der Waals surface area contributed by atoms with Crippen molar-refractivity contribution in [3.8, 4) is 0 Å². The molecule has 0 spiro atoms. The Morgan fingerprint density at radius 3 is 2.53 bits per heavy atom. The number of carbonyl (C=O) groups excluding carboxylic acids is 2. The summed E-state index contributed by atoms with van der Waals surface area (Å²) < 4.78 is 0. The predicted octanol–water partition coefficient (Wildman–Crippen LogP) is 0.923. The number of rotatable bonds is 4. The molecule has 6 nitrogen and oxygen atoms in total. The van der Waals surface area contributed by atoms with E-state index in [0.717, 1.165) is 0 Å². The topological polar surface area (TPSA) is 87.5 Å². The lowest BCUT2D eigenvalue weighted by Gasteiger charge is -2.12. The van der Waals surface area contributed by atoms with Crippen LogP contribution in [0.4, 0.5) is 10.5 Å². The Balaban J connectivity index is 2.44. The fraction of sp³-hybridized carbons (Fsp3) is 0.333. The summed E-state index contributed by atoms with van der Waals surface area (Å²) in [6.07, 6.45) is 0. The molecule has 3 amide bonds. The highest BCUT2D eigenvalue weighted by Gasteiger charge is 2.10. The van der Waals surface area contributed by atoms with Crippen LogP contribution >= 0.6 is 11.6 Å². The zero-order valence-corrected chi connectivity index (χ0v) is 11.6. The molecule has 104 valence electrons. The third-order valence-electron chi connectivity index (χ3n) is 2.33. The second kappa shape index (κ2) is 6.84. The number of benzene rings is 1. The number of hydrogen-bond acceptors (Lipinski definition) is 3. The second-order valence-corrected chi connectivity index (χ2v) is 4.53. The molecule has 0 aromatic heterocycles. The van der Waals surface area contributed by atoms with Crippen LogP contribution in [0.15, 0.2) is 18.2 Å². The largest absolute Gasteiger partial charge is 0.399 e. The van der Waals surface area contributed by atoms with Crippen molar-refractivity contribution in [2.75, 3.05) is 32.9 Å². The lowest BCUT2D eigenvalue weighted by Crippen LogP contribution is -2.39. The van der Waals surface area contributed by atoms with Crippen molar-refractivity contribution in [3.63, 3.8) is 0 Å². The molecular formula is C12H17ClN4O2.